The van der Waals surface area contributed by atoms with Crippen molar-refractivity contribution < 1.29 is 4.39 Å². The Morgan fingerprint density at radius 1 is 1.41 bits per heavy atom. The highest BCUT2D eigenvalue weighted by Crippen LogP contribution is 2.14. The van der Waals surface area contributed by atoms with Crippen molar-refractivity contribution in [3.05, 3.63) is 42.0 Å². The second-order valence-electron chi connectivity index (χ2n) is 3.68. The van der Waals surface area contributed by atoms with Gasteiger partial charge in [0.15, 0.2) is 0 Å². The zero-order valence-corrected chi connectivity index (χ0v) is 9.52. The normalized spacial score (nSPS) is 12.6. The zero-order chi connectivity index (χ0) is 12.1. The Morgan fingerprint density at radius 3 is 2.88 bits per heavy atom. The predicted octanol–water partition coefficient (Wildman–Crippen LogP) is 1.58. The number of halogens is 1. The molecule has 6 heteroatoms. The van der Waals surface area contributed by atoms with E-state index in [0.29, 0.717) is 6.54 Å². The van der Waals surface area contributed by atoms with Crippen LogP contribution < -0.4 is 5.32 Å². The Morgan fingerprint density at radius 2 is 2.29 bits per heavy atom. The number of nitrogens with one attached hydrogen (secondary N) is 2. The SMILES string of the molecule is CCC(NCc1ncn[nH]1)c1ccc(F)cn1. The van der Waals surface area contributed by atoms with Crippen LogP contribution in [0.4, 0.5) is 4.39 Å². The molecule has 0 spiro atoms. The van der Waals surface area contributed by atoms with Crippen LogP contribution in [0.15, 0.2) is 24.7 Å². The molecular weight excluding hydrogens is 221 g/mol. The van der Waals surface area contributed by atoms with Gasteiger partial charge in [-0.1, -0.05) is 6.92 Å². The van der Waals surface area contributed by atoms with Crippen LogP contribution in [0.2, 0.25) is 0 Å². The number of rotatable bonds is 5. The summed E-state index contributed by atoms with van der Waals surface area (Å²) in [6.45, 7) is 2.63. The molecule has 2 aromatic heterocycles. The average molecular weight is 235 g/mol. The quantitative estimate of drug-likeness (QED) is 0.825. The third-order valence-electron chi connectivity index (χ3n) is 2.50. The Hall–Kier alpha value is -1.82. The minimum atomic E-state index is -0.321. The van der Waals surface area contributed by atoms with Gasteiger partial charge in [0.05, 0.1) is 18.4 Å². The summed E-state index contributed by atoms with van der Waals surface area (Å²) in [4.78, 5) is 8.09. The van der Waals surface area contributed by atoms with Crippen molar-refractivity contribution in [3.63, 3.8) is 0 Å². The first-order chi connectivity index (χ1) is 8.29. The molecule has 0 aliphatic heterocycles. The van der Waals surface area contributed by atoms with E-state index in [0.717, 1.165) is 17.9 Å². The molecule has 90 valence electrons. The van der Waals surface area contributed by atoms with Gasteiger partial charge < -0.3 is 5.32 Å². The van der Waals surface area contributed by atoms with Gasteiger partial charge in [-0.2, -0.15) is 5.10 Å². The minimum absolute atomic E-state index is 0.0840. The highest BCUT2D eigenvalue weighted by atomic mass is 19.1. The van der Waals surface area contributed by atoms with Crippen molar-refractivity contribution >= 4 is 0 Å². The zero-order valence-electron chi connectivity index (χ0n) is 9.52. The van der Waals surface area contributed by atoms with E-state index >= 15 is 0 Å². The lowest BCUT2D eigenvalue weighted by molar-refractivity contribution is 0.495. The molecule has 1 unspecified atom stereocenters. The Labute approximate surface area is 98.5 Å². The molecule has 0 fully saturated rings. The Balaban J connectivity index is 1.99. The molecular formula is C11H14FN5. The third kappa shape index (κ3) is 3.07. The van der Waals surface area contributed by atoms with Crippen LogP contribution in [-0.2, 0) is 6.54 Å². The maximum Gasteiger partial charge on any atom is 0.141 e. The number of hydrogen-bond donors (Lipinski definition) is 2. The fraction of sp³-hybridized carbons (Fsp3) is 0.364. The van der Waals surface area contributed by atoms with Crippen LogP contribution in [0.5, 0.6) is 0 Å². The van der Waals surface area contributed by atoms with Crippen LogP contribution in [0, 0.1) is 5.82 Å². The van der Waals surface area contributed by atoms with Crippen molar-refractivity contribution in [1.29, 1.82) is 0 Å². The number of nitrogens with zero attached hydrogens (tertiary/aromatic N) is 3. The van der Waals surface area contributed by atoms with Gasteiger partial charge in [-0.15, -0.1) is 0 Å². The van der Waals surface area contributed by atoms with E-state index in [1.54, 1.807) is 6.07 Å². The lowest BCUT2D eigenvalue weighted by atomic mass is 10.1. The Bertz CT molecular complexity index is 439. The largest absolute Gasteiger partial charge is 0.302 e. The summed E-state index contributed by atoms with van der Waals surface area (Å²) in [6.07, 6.45) is 3.56. The number of aromatic nitrogens is 4. The molecule has 5 nitrogen and oxygen atoms in total. The summed E-state index contributed by atoms with van der Waals surface area (Å²) in [5.41, 5.74) is 0.827. The van der Waals surface area contributed by atoms with Crippen molar-refractivity contribution in [2.24, 2.45) is 0 Å². The summed E-state index contributed by atoms with van der Waals surface area (Å²) >= 11 is 0. The average Bonchev–Trinajstić information content (AvgIpc) is 2.85. The lowest BCUT2D eigenvalue weighted by Crippen LogP contribution is -2.21. The van der Waals surface area contributed by atoms with E-state index in [4.69, 9.17) is 0 Å². The van der Waals surface area contributed by atoms with Crippen molar-refractivity contribution in [1.82, 2.24) is 25.5 Å². The summed E-state index contributed by atoms with van der Waals surface area (Å²) < 4.78 is 12.8. The first kappa shape index (κ1) is 11.7. The van der Waals surface area contributed by atoms with E-state index in [-0.39, 0.29) is 11.9 Å². The number of aromatic amines is 1. The van der Waals surface area contributed by atoms with Gasteiger partial charge >= 0.3 is 0 Å². The van der Waals surface area contributed by atoms with Gasteiger partial charge in [-0.3, -0.25) is 10.1 Å². The second kappa shape index (κ2) is 5.49. The summed E-state index contributed by atoms with van der Waals surface area (Å²) in [5.74, 6) is 0.449. The number of hydrogen-bond acceptors (Lipinski definition) is 4. The Kier molecular flexibility index (Phi) is 3.77. The lowest BCUT2D eigenvalue weighted by Gasteiger charge is -2.15. The van der Waals surface area contributed by atoms with Crippen LogP contribution in [0.25, 0.3) is 0 Å². The summed E-state index contributed by atoms with van der Waals surface area (Å²) in [7, 11) is 0. The molecule has 0 amide bonds. The van der Waals surface area contributed by atoms with E-state index in [9.17, 15) is 4.39 Å². The van der Waals surface area contributed by atoms with E-state index in [1.807, 2.05) is 6.92 Å². The topological polar surface area (TPSA) is 66.5 Å². The van der Waals surface area contributed by atoms with Crippen LogP contribution >= 0.6 is 0 Å². The smallest absolute Gasteiger partial charge is 0.141 e. The van der Waals surface area contributed by atoms with Gasteiger partial charge in [-0.05, 0) is 18.6 Å². The molecule has 2 rings (SSSR count). The molecule has 2 aromatic rings. The molecule has 1 atom stereocenters. The summed E-state index contributed by atoms with van der Waals surface area (Å²) in [5, 5.41) is 9.83. The van der Waals surface area contributed by atoms with Gasteiger partial charge in [0.25, 0.3) is 0 Å². The predicted molar refractivity (Wildman–Crippen MR) is 60.4 cm³/mol. The van der Waals surface area contributed by atoms with Gasteiger partial charge in [0, 0.05) is 6.04 Å². The summed E-state index contributed by atoms with van der Waals surface area (Å²) in [6, 6.07) is 3.19. The molecule has 0 radical (unpaired) electrons. The molecule has 17 heavy (non-hydrogen) atoms. The molecule has 2 heterocycles. The molecule has 0 saturated carbocycles. The van der Waals surface area contributed by atoms with Crippen LogP contribution in [0.1, 0.15) is 30.9 Å². The first-order valence-corrected chi connectivity index (χ1v) is 5.48. The molecule has 0 aliphatic carbocycles. The minimum Gasteiger partial charge on any atom is -0.302 e. The highest BCUT2D eigenvalue weighted by molar-refractivity contribution is 5.09. The monoisotopic (exact) mass is 235 g/mol. The van der Waals surface area contributed by atoms with Gasteiger partial charge in [0.2, 0.25) is 0 Å². The fourth-order valence-electron chi connectivity index (χ4n) is 1.59. The maximum absolute atomic E-state index is 12.8. The van der Waals surface area contributed by atoms with Gasteiger partial charge in [0.1, 0.15) is 18.0 Å². The van der Waals surface area contributed by atoms with E-state index < -0.39 is 0 Å². The fourth-order valence-corrected chi connectivity index (χ4v) is 1.59. The standard InChI is InChI=1S/C11H14FN5/c1-2-9(10-4-3-8(12)5-13-10)14-6-11-15-7-16-17-11/h3-5,7,9,14H,2,6H2,1H3,(H,15,16,17). The van der Waals surface area contributed by atoms with E-state index in [2.05, 4.69) is 25.5 Å². The number of pyridine rings is 1. The van der Waals surface area contributed by atoms with Crippen molar-refractivity contribution in [2.75, 3.05) is 0 Å². The van der Waals surface area contributed by atoms with Crippen molar-refractivity contribution in [2.45, 2.75) is 25.9 Å². The van der Waals surface area contributed by atoms with Crippen molar-refractivity contribution in [3.8, 4) is 0 Å². The molecule has 0 bridgehead atoms. The van der Waals surface area contributed by atoms with E-state index in [1.165, 1.54) is 18.6 Å². The highest BCUT2D eigenvalue weighted by Gasteiger charge is 2.10. The third-order valence-corrected chi connectivity index (χ3v) is 2.50. The molecule has 0 aliphatic rings. The second-order valence-corrected chi connectivity index (χ2v) is 3.68. The molecule has 0 saturated heterocycles. The van der Waals surface area contributed by atoms with Crippen LogP contribution in [0.3, 0.4) is 0 Å². The number of H-pyrrole nitrogens is 1. The molecule has 2 N–H and O–H groups in total. The van der Waals surface area contributed by atoms with Gasteiger partial charge in [-0.25, -0.2) is 9.37 Å². The maximum atomic E-state index is 12.8. The molecule has 0 aromatic carbocycles. The first-order valence-electron chi connectivity index (χ1n) is 5.48. The van der Waals surface area contributed by atoms with Crippen LogP contribution in [-0.4, -0.2) is 20.2 Å².